The molecule has 0 saturated heterocycles. The molecule has 2 aromatic rings. The third-order valence-electron chi connectivity index (χ3n) is 2.85. The highest BCUT2D eigenvalue weighted by Gasteiger charge is 2.20. The Bertz CT molecular complexity index is 712. The van der Waals surface area contributed by atoms with Gasteiger partial charge in [-0.05, 0) is 44.0 Å². The number of ether oxygens (including phenoxy) is 3. The summed E-state index contributed by atoms with van der Waals surface area (Å²) in [7, 11) is 1.60. The summed E-state index contributed by atoms with van der Waals surface area (Å²) in [6.45, 7) is 0.538. The van der Waals surface area contributed by atoms with E-state index in [-0.39, 0.29) is 6.79 Å². The van der Waals surface area contributed by atoms with E-state index < -0.39 is 0 Å². The van der Waals surface area contributed by atoms with E-state index >= 15 is 0 Å². The Labute approximate surface area is 142 Å². The summed E-state index contributed by atoms with van der Waals surface area (Å²) in [6, 6.07) is 3.69. The summed E-state index contributed by atoms with van der Waals surface area (Å²) >= 11 is 13.0. The highest BCUT2D eigenvalue weighted by Crippen LogP contribution is 2.42. The van der Waals surface area contributed by atoms with E-state index in [1.165, 1.54) is 0 Å². The van der Waals surface area contributed by atoms with Gasteiger partial charge in [-0.3, -0.25) is 0 Å². The van der Waals surface area contributed by atoms with E-state index in [1.54, 1.807) is 7.11 Å². The monoisotopic (exact) mass is 434 g/mol. The van der Waals surface area contributed by atoms with E-state index in [4.69, 9.17) is 25.8 Å². The summed E-state index contributed by atoms with van der Waals surface area (Å²) in [5, 5.41) is 0.334. The second-order valence-electron chi connectivity index (χ2n) is 4.22. The quantitative estimate of drug-likeness (QED) is 0.675. The van der Waals surface area contributed by atoms with E-state index in [0.717, 1.165) is 10.0 Å². The van der Waals surface area contributed by atoms with Crippen molar-refractivity contribution in [3.63, 3.8) is 0 Å². The lowest BCUT2D eigenvalue weighted by Crippen LogP contribution is -2.00. The molecule has 0 bridgehead atoms. The van der Waals surface area contributed by atoms with Gasteiger partial charge in [0.25, 0.3) is 0 Å². The van der Waals surface area contributed by atoms with Crippen molar-refractivity contribution in [3.8, 4) is 22.9 Å². The fraction of sp³-hybridized carbons (Fsp3) is 0.231. The Morgan fingerprint density at radius 3 is 2.86 bits per heavy atom. The Morgan fingerprint density at radius 1 is 1.29 bits per heavy atom. The Morgan fingerprint density at radius 2 is 2.10 bits per heavy atom. The van der Waals surface area contributed by atoms with Crippen LogP contribution in [0.3, 0.4) is 0 Å². The predicted octanol–water partition coefficient (Wildman–Crippen LogP) is 4.20. The first-order chi connectivity index (χ1) is 10.1. The molecule has 1 aromatic heterocycles. The van der Waals surface area contributed by atoms with Crippen LogP contribution in [-0.2, 0) is 11.3 Å². The van der Waals surface area contributed by atoms with Crippen molar-refractivity contribution >= 4 is 43.5 Å². The molecule has 0 aliphatic carbocycles. The summed E-state index contributed by atoms with van der Waals surface area (Å²) in [4.78, 5) is 8.76. The minimum Gasteiger partial charge on any atom is -0.454 e. The second-order valence-corrected chi connectivity index (χ2v) is 6.23. The molecule has 21 heavy (non-hydrogen) atoms. The zero-order valence-corrected chi connectivity index (χ0v) is 14.7. The molecule has 110 valence electrons. The van der Waals surface area contributed by atoms with E-state index in [9.17, 15) is 0 Å². The maximum atomic E-state index is 6.14. The normalized spacial score (nSPS) is 12.8. The first-order valence-electron chi connectivity index (χ1n) is 5.90. The molecule has 1 aromatic carbocycles. The van der Waals surface area contributed by atoms with Crippen LogP contribution in [0.25, 0.3) is 11.4 Å². The molecule has 1 aliphatic rings. The lowest BCUT2D eigenvalue weighted by molar-refractivity contribution is 0.173. The fourth-order valence-electron chi connectivity index (χ4n) is 1.92. The number of methoxy groups -OCH3 is 1. The molecule has 2 heterocycles. The second kappa shape index (κ2) is 6.08. The molecule has 0 amide bonds. The van der Waals surface area contributed by atoms with Crippen LogP contribution < -0.4 is 9.47 Å². The van der Waals surface area contributed by atoms with Gasteiger partial charge in [-0.15, -0.1) is 0 Å². The van der Waals surface area contributed by atoms with Crippen molar-refractivity contribution < 1.29 is 14.2 Å². The Kier molecular flexibility index (Phi) is 4.35. The van der Waals surface area contributed by atoms with Gasteiger partial charge in [0, 0.05) is 12.7 Å². The van der Waals surface area contributed by atoms with Gasteiger partial charge in [0.05, 0.1) is 21.2 Å². The molecule has 3 rings (SSSR count). The van der Waals surface area contributed by atoms with Gasteiger partial charge >= 0.3 is 0 Å². The lowest BCUT2D eigenvalue weighted by atomic mass is 10.2. The highest BCUT2D eigenvalue weighted by molar-refractivity contribution is 9.11. The molecule has 0 spiro atoms. The van der Waals surface area contributed by atoms with Crippen LogP contribution in [0.5, 0.6) is 11.5 Å². The first kappa shape index (κ1) is 15.0. The van der Waals surface area contributed by atoms with Gasteiger partial charge in [0.2, 0.25) is 6.79 Å². The number of rotatable bonds is 3. The molecule has 0 saturated carbocycles. The van der Waals surface area contributed by atoms with Crippen molar-refractivity contribution in [2.75, 3.05) is 13.9 Å². The average Bonchev–Trinajstić information content (AvgIpc) is 2.92. The number of benzene rings is 1. The number of halogens is 3. The smallest absolute Gasteiger partial charge is 0.231 e. The zero-order chi connectivity index (χ0) is 15.0. The Hall–Kier alpha value is -0.890. The number of nitrogens with zero attached hydrogens (tertiary/aromatic N) is 2. The molecule has 1 aliphatic heterocycles. The summed E-state index contributed by atoms with van der Waals surface area (Å²) < 4.78 is 17.3. The molecule has 0 atom stereocenters. The average molecular weight is 436 g/mol. The van der Waals surface area contributed by atoms with Crippen LogP contribution in [-0.4, -0.2) is 23.9 Å². The molecule has 0 fully saturated rings. The molecule has 0 unspecified atom stereocenters. The molecular formula is C13H9Br2ClN2O3. The predicted molar refractivity (Wildman–Crippen MR) is 84.7 cm³/mol. The van der Waals surface area contributed by atoms with E-state index in [2.05, 4.69) is 41.8 Å². The summed E-state index contributed by atoms with van der Waals surface area (Å²) in [6.07, 6.45) is 0. The van der Waals surface area contributed by atoms with Crippen LogP contribution in [0.15, 0.2) is 21.1 Å². The standard InChI is InChI=1S/C13H9Br2ClN2O3/c1-19-4-8-10(15)12(16)18-13(17-8)6-2-7(14)11-9(3-6)20-5-21-11/h2-3H,4-5H2,1H3. The molecule has 5 nitrogen and oxygen atoms in total. The topological polar surface area (TPSA) is 53.5 Å². The molecule has 0 radical (unpaired) electrons. The van der Waals surface area contributed by atoms with Gasteiger partial charge in [0.1, 0.15) is 5.15 Å². The SMILES string of the molecule is COCc1nc(-c2cc(Br)c3c(c2)OCO3)nc(Cl)c1Br. The third-order valence-corrected chi connectivity index (χ3v) is 4.77. The zero-order valence-electron chi connectivity index (χ0n) is 10.8. The van der Waals surface area contributed by atoms with Crippen LogP contribution in [0.4, 0.5) is 0 Å². The number of hydrogen-bond acceptors (Lipinski definition) is 5. The highest BCUT2D eigenvalue weighted by atomic mass is 79.9. The molecule has 0 N–H and O–H groups in total. The number of hydrogen-bond donors (Lipinski definition) is 0. The Balaban J connectivity index is 2.10. The number of aromatic nitrogens is 2. The van der Waals surface area contributed by atoms with Crippen LogP contribution in [0.1, 0.15) is 5.69 Å². The minimum atomic E-state index is 0.203. The van der Waals surface area contributed by atoms with Crippen LogP contribution >= 0.6 is 43.5 Å². The number of fused-ring (bicyclic) bond motifs is 1. The van der Waals surface area contributed by atoms with E-state index in [1.807, 2.05) is 12.1 Å². The van der Waals surface area contributed by atoms with Crippen molar-refractivity contribution in [1.29, 1.82) is 0 Å². The van der Waals surface area contributed by atoms with Crippen molar-refractivity contribution in [2.24, 2.45) is 0 Å². The third kappa shape index (κ3) is 2.88. The van der Waals surface area contributed by atoms with Crippen molar-refractivity contribution in [1.82, 2.24) is 9.97 Å². The maximum absolute atomic E-state index is 6.14. The molecule has 8 heteroatoms. The van der Waals surface area contributed by atoms with Gasteiger partial charge in [-0.2, -0.15) is 0 Å². The largest absolute Gasteiger partial charge is 0.454 e. The van der Waals surface area contributed by atoms with Crippen LogP contribution in [0.2, 0.25) is 5.15 Å². The lowest BCUT2D eigenvalue weighted by Gasteiger charge is -2.09. The minimum absolute atomic E-state index is 0.203. The van der Waals surface area contributed by atoms with Gasteiger partial charge in [0.15, 0.2) is 17.3 Å². The van der Waals surface area contributed by atoms with Crippen LogP contribution in [0, 0.1) is 0 Å². The summed E-state index contributed by atoms with van der Waals surface area (Å²) in [5.74, 6) is 1.82. The van der Waals surface area contributed by atoms with Crippen molar-refractivity contribution in [2.45, 2.75) is 6.61 Å². The van der Waals surface area contributed by atoms with Crippen molar-refractivity contribution in [3.05, 3.63) is 31.9 Å². The maximum Gasteiger partial charge on any atom is 0.231 e. The fourth-order valence-corrected chi connectivity index (χ4v) is 2.96. The first-order valence-corrected chi connectivity index (χ1v) is 7.87. The van der Waals surface area contributed by atoms with Gasteiger partial charge < -0.3 is 14.2 Å². The van der Waals surface area contributed by atoms with Gasteiger partial charge in [-0.25, -0.2) is 9.97 Å². The summed E-state index contributed by atoms with van der Waals surface area (Å²) in [5.41, 5.74) is 1.46. The van der Waals surface area contributed by atoms with Gasteiger partial charge in [-0.1, -0.05) is 11.6 Å². The molecular weight excluding hydrogens is 427 g/mol. The van der Waals surface area contributed by atoms with E-state index in [0.29, 0.717) is 39.3 Å².